The zero-order valence-electron chi connectivity index (χ0n) is 10.6. The van der Waals surface area contributed by atoms with Gasteiger partial charge in [-0.2, -0.15) is 0 Å². The van der Waals surface area contributed by atoms with E-state index < -0.39 is 0 Å². The number of pyridine rings is 1. The molecule has 98 valence electrons. The third kappa shape index (κ3) is 2.42. The minimum absolute atomic E-state index is 0.153. The molecule has 1 unspecified atom stereocenters. The predicted molar refractivity (Wildman–Crippen MR) is 72.7 cm³/mol. The van der Waals surface area contributed by atoms with Gasteiger partial charge in [0.25, 0.3) is 0 Å². The fourth-order valence-corrected chi connectivity index (χ4v) is 2.42. The van der Waals surface area contributed by atoms with Crippen LogP contribution >= 0.6 is 0 Å². The minimum atomic E-state index is 0.153. The van der Waals surface area contributed by atoms with Gasteiger partial charge in [-0.3, -0.25) is 4.98 Å². The van der Waals surface area contributed by atoms with Crippen molar-refractivity contribution in [1.29, 1.82) is 0 Å². The molecule has 1 saturated heterocycles. The summed E-state index contributed by atoms with van der Waals surface area (Å²) in [6, 6.07) is 5.92. The van der Waals surface area contributed by atoms with Crippen LogP contribution in [0, 0.1) is 0 Å². The van der Waals surface area contributed by atoms with E-state index in [0.717, 1.165) is 30.6 Å². The molecule has 3 heterocycles. The highest BCUT2D eigenvalue weighted by Gasteiger charge is 2.25. The molecule has 2 aromatic heterocycles. The first kappa shape index (κ1) is 12.0. The van der Waals surface area contributed by atoms with Crippen molar-refractivity contribution < 1.29 is 5.11 Å². The standard InChI is InChI=1S/C14H16N4O/c19-10-12-4-3-7-18(12)14-16-8-11(9-17-14)13-5-1-2-6-15-13/h1-2,5-6,8-9,12,19H,3-4,7,10H2. The molecule has 0 radical (unpaired) electrons. The van der Waals surface area contributed by atoms with E-state index in [9.17, 15) is 5.11 Å². The minimum Gasteiger partial charge on any atom is -0.394 e. The third-order valence-corrected chi connectivity index (χ3v) is 3.44. The normalized spacial score (nSPS) is 18.8. The molecule has 19 heavy (non-hydrogen) atoms. The van der Waals surface area contributed by atoms with Crippen LogP contribution in [0.2, 0.25) is 0 Å². The maximum atomic E-state index is 9.32. The number of rotatable bonds is 3. The second-order valence-electron chi connectivity index (χ2n) is 4.66. The first-order chi connectivity index (χ1) is 9.38. The lowest BCUT2D eigenvalue weighted by atomic mass is 10.2. The molecule has 0 saturated carbocycles. The summed E-state index contributed by atoms with van der Waals surface area (Å²) in [5, 5.41) is 9.32. The lowest BCUT2D eigenvalue weighted by Gasteiger charge is -2.22. The van der Waals surface area contributed by atoms with Gasteiger partial charge < -0.3 is 10.0 Å². The summed E-state index contributed by atoms with van der Waals surface area (Å²) in [7, 11) is 0. The van der Waals surface area contributed by atoms with Crippen LogP contribution in [0.3, 0.4) is 0 Å². The number of aromatic nitrogens is 3. The van der Waals surface area contributed by atoms with Crippen molar-refractivity contribution in [2.24, 2.45) is 0 Å². The Morgan fingerprint density at radius 3 is 2.74 bits per heavy atom. The Bertz CT molecular complexity index is 529. The molecule has 0 aromatic carbocycles. The van der Waals surface area contributed by atoms with E-state index in [1.165, 1.54) is 0 Å². The van der Waals surface area contributed by atoms with Gasteiger partial charge in [0.15, 0.2) is 0 Å². The Morgan fingerprint density at radius 2 is 2.05 bits per heavy atom. The van der Waals surface area contributed by atoms with Crippen LogP contribution in [0.15, 0.2) is 36.8 Å². The van der Waals surface area contributed by atoms with Gasteiger partial charge in [0.2, 0.25) is 5.95 Å². The number of aliphatic hydroxyl groups is 1. The largest absolute Gasteiger partial charge is 0.394 e. The summed E-state index contributed by atoms with van der Waals surface area (Å²) in [6.07, 6.45) is 7.42. The molecule has 0 spiro atoms. The number of nitrogens with zero attached hydrogens (tertiary/aromatic N) is 4. The average molecular weight is 256 g/mol. The maximum absolute atomic E-state index is 9.32. The molecule has 5 nitrogen and oxygen atoms in total. The fourth-order valence-electron chi connectivity index (χ4n) is 2.42. The van der Waals surface area contributed by atoms with E-state index in [4.69, 9.17) is 0 Å². The summed E-state index contributed by atoms with van der Waals surface area (Å²) in [4.78, 5) is 15.1. The van der Waals surface area contributed by atoms with E-state index in [-0.39, 0.29) is 12.6 Å². The quantitative estimate of drug-likeness (QED) is 0.901. The lowest BCUT2D eigenvalue weighted by Crippen LogP contribution is -2.33. The molecule has 5 heteroatoms. The Morgan fingerprint density at radius 1 is 1.21 bits per heavy atom. The second-order valence-corrected chi connectivity index (χ2v) is 4.66. The van der Waals surface area contributed by atoms with Crippen molar-refractivity contribution in [3.8, 4) is 11.3 Å². The van der Waals surface area contributed by atoms with Crippen LogP contribution in [0.4, 0.5) is 5.95 Å². The van der Waals surface area contributed by atoms with Crippen LogP contribution < -0.4 is 4.90 Å². The Balaban J connectivity index is 1.83. The number of aliphatic hydroxyl groups excluding tert-OH is 1. The molecule has 1 aliphatic heterocycles. The van der Waals surface area contributed by atoms with Crippen molar-refractivity contribution in [3.05, 3.63) is 36.8 Å². The summed E-state index contributed by atoms with van der Waals surface area (Å²) in [6.45, 7) is 1.07. The van der Waals surface area contributed by atoms with Gasteiger partial charge in [-0.15, -0.1) is 0 Å². The first-order valence-electron chi connectivity index (χ1n) is 6.49. The smallest absolute Gasteiger partial charge is 0.225 e. The van der Waals surface area contributed by atoms with E-state index in [0.29, 0.717) is 5.95 Å². The van der Waals surface area contributed by atoms with Gasteiger partial charge in [-0.1, -0.05) is 6.07 Å². The summed E-state index contributed by atoms with van der Waals surface area (Å²) in [5.74, 6) is 0.691. The average Bonchev–Trinajstić information content (AvgIpc) is 2.97. The fraction of sp³-hybridized carbons (Fsp3) is 0.357. The van der Waals surface area contributed by atoms with E-state index in [1.807, 2.05) is 18.2 Å². The third-order valence-electron chi connectivity index (χ3n) is 3.44. The van der Waals surface area contributed by atoms with Crippen LogP contribution in [0.1, 0.15) is 12.8 Å². The number of hydrogen-bond donors (Lipinski definition) is 1. The molecule has 0 aliphatic carbocycles. The van der Waals surface area contributed by atoms with Crippen molar-refractivity contribution in [2.45, 2.75) is 18.9 Å². The Labute approximate surface area is 112 Å². The molecule has 1 aliphatic rings. The molecule has 1 N–H and O–H groups in total. The van der Waals surface area contributed by atoms with E-state index in [2.05, 4.69) is 19.9 Å². The highest BCUT2D eigenvalue weighted by molar-refractivity contribution is 5.57. The maximum Gasteiger partial charge on any atom is 0.225 e. The van der Waals surface area contributed by atoms with Crippen LogP contribution in [0.5, 0.6) is 0 Å². The van der Waals surface area contributed by atoms with Crippen LogP contribution in [-0.2, 0) is 0 Å². The first-order valence-corrected chi connectivity index (χ1v) is 6.49. The van der Waals surface area contributed by atoms with Crippen LogP contribution in [-0.4, -0.2) is 39.3 Å². The van der Waals surface area contributed by atoms with Crippen LogP contribution in [0.25, 0.3) is 11.3 Å². The molecule has 0 bridgehead atoms. The van der Waals surface area contributed by atoms with Gasteiger partial charge in [0.05, 0.1) is 18.3 Å². The highest BCUT2D eigenvalue weighted by atomic mass is 16.3. The topological polar surface area (TPSA) is 62.1 Å². The molecule has 1 fully saturated rings. The van der Waals surface area contributed by atoms with Crippen molar-refractivity contribution >= 4 is 5.95 Å². The molecule has 1 atom stereocenters. The molecule has 3 rings (SSSR count). The Kier molecular flexibility index (Phi) is 3.37. The summed E-state index contributed by atoms with van der Waals surface area (Å²) < 4.78 is 0. The van der Waals surface area contributed by atoms with Gasteiger partial charge >= 0.3 is 0 Å². The zero-order valence-corrected chi connectivity index (χ0v) is 10.6. The van der Waals surface area contributed by atoms with E-state index >= 15 is 0 Å². The predicted octanol–water partition coefficient (Wildman–Crippen LogP) is 1.50. The number of anilines is 1. The molecular weight excluding hydrogens is 240 g/mol. The van der Waals surface area contributed by atoms with Crippen molar-refractivity contribution in [3.63, 3.8) is 0 Å². The summed E-state index contributed by atoms with van der Waals surface area (Å²) >= 11 is 0. The van der Waals surface area contributed by atoms with E-state index in [1.54, 1.807) is 18.6 Å². The zero-order chi connectivity index (χ0) is 13.1. The number of hydrogen-bond acceptors (Lipinski definition) is 5. The van der Waals surface area contributed by atoms with Crippen molar-refractivity contribution in [2.75, 3.05) is 18.1 Å². The lowest BCUT2D eigenvalue weighted by molar-refractivity contribution is 0.265. The molecule has 2 aromatic rings. The Hall–Kier alpha value is -2.01. The van der Waals surface area contributed by atoms with Crippen molar-refractivity contribution in [1.82, 2.24) is 15.0 Å². The highest BCUT2D eigenvalue weighted by Crippen LogP contribution is 2.23. The monoisotopic (exact) mass is 256 g/mol. The van der Waals surface area contributed by atoms with Gasteiger partial charge in [-0.25, -0.2) is 9.97 Å². The van der Waals surface area contributed by atoms with Gasteiger partial charge in [0, 0.05) is 30.7 Å². The van der Waals surface area contributed by atoms with Gasteiger partial charge in [0.1, 0.15) is 0 Å². The second kappa shape index (κ2) is 5.32. The summed E-state index contributed by atoms with van der Waals surface area (Å²) in [5.41, 5.74) is 1.78. The molecular formula is C14H16N4O. The molecule has 0 amide bonds. The van der Waals surface area contributed by atoms with Gasteiger partial charge in [-0.05, 0) is 25.0 Å². The SMILES string of the molecule is OCC1CCCN1c1ncc(-c2ccccn2)cn1.